The van der Waals surface area contributed by atoms with E-state index in [1.165, 1.54) is 4.31 Å². The molecule has 194 valence electrons. The first-order chi connectivity index (χ1) is 17.1. The molecule has 0 aliphatic heterocycles. The Kier molecular flexibility index (Phi) is 9.48. The van der Waals surface area contributed by atoms with Gasteiger partial charge in [0.25, 0.3) is 0 Å². The van der Waals surface area contributed by atoms with Crippen LogP contribution >= 0.6 is 0 Å². The Bertz CT molecular complexity index is 1180. The van der Waals surface area contributed by atoms with E-state index in [4.69, 9.17) is 9.15 Å². The smallest absolute Gasteiger partial charge is 0.243 e. The number of nitrogens with zero attached hydrogens (tertiary/aromatic N) is 2. The van der Waals surface area contributed by atoms with Crippen LogP contribution in [0.15, 0.2) is 82.3 Å². The highest BCUT2D eigenvalue weighted by molar-refractivity contribution is 7.89. The van der Waals surface area contributed by atoms with E-state index in [9.17, 15) is 13.2 Å². The van der Waals surface area contributed by atoms with Crippen LogP contribution in [0.3, 0.4) is 0 Å². The molecule has 0 fully saturated rings. The number of sulfonamides is 1. The maximum absolute atomic E-state index is 13.6. The van der Waals surface area contributed by atoms with Crippen LogP contribution in [-0.4, -0.2) is 50.3 Å². The van der Waals surface area contributed by atoms with Gasteiger partial charge < -0.3 is 14.1 Å². The van der Waals surface area contributed by atoms with Gasteiger partial charge in [0, 0.05) is 26.8 Å². The Labute approximate surface area is 214 Å². The number of methoxy groups -OCH3 is 1. The van der Waals surface area contributed by atoms with E-state index in [0.29, 0.717) is 25.3 Å². The normalized spacial score (nSPS) is 12.1. The van der Waals surface area contributed by atoms with E-state index in [1.54, 1.807) is 42.5 Å². The van der Waals surface area contributed by atoms with Crippen molar-refractivity contribution >= 4 is 15.9 Å². The summed E-state index contributed by atoms with van der Waals surface area (Å²) < 4.78 is 39.1. The molecule has 0 saturated carbocycles. The molecule has 0 radical (unpaired) electrons. The summed E-state index contributed by atoms with van der Waals surface area (Å²) in [6.07, 6.45) is 2.03. The van der Waals surface area contributed by atoms with Gasteiger partial charge in [0.2, 0.25) is 15.9 Å². The van der Waals surface area contributed by atoms with E-state index < -0.39 is 10.0 Å². The standard InChI is InChI=1S/C28H36N2O5S/c1-28(2,3)24-13-15-26(16-14-24)36(32,33)30(17-9-18-34-4)22-27(31)29(21-25-12-8-19-35-25)20-23-10-6-5-7-11-23/h5-8,10-16,19H,9,17-18,20-22H2,1-4H3. The van der Waals surface area contributed by atoms with Gasteiger partial charge >= 0.3 is 0 Å². The minimum absolute atomic E-state index is 0.0970. The van der Waals surface area contributed by atoms with Crippen LogP contribution in [0.1, 0.15) is 44.1 Å². The molecule has 3 rings (SSSR count). The lowest BCUT2D eigenvalue weighted by Crippen LogP contribution is -2.43. The fourth-order valence-electron chi connectivity index (χ4n) is 3.82. The van der Waals surface area contributed by atoms with Gasteiger partial charge in [-0.25, -0.2) is 8.42 Å². The van der Waals surface area contributed by atoms with Gasteiger partial charge in [0.05, 0.1) is 24.2 Å². The molecule has 0 aliphatic carbocycles. The van der Waals surface area contributed by atoms with Gasteiger partial charge in [-0.15, -0.1) is 0 Å². The Morgan fingerprint density at radius 1 is 0.944 bits per heavy atom. The average Bonchev–Trinajstić information content (AvgIpc) is 3.36. The monoisotopic (exact) mass is 512 g/mol. The first-order valence-corrected chi connectivity index (χ1v) is 13.5. The zero-order chi connectivity index (χ0) is 26.2. The van der Waals surface area contributed by atoms with E-state index in [-0.39, 0.29) is 35.9 Å². The number of carbonyl (C=O) groups is 1. The third-order valence-corrected chi connectivity index (χ3v) is 7.78. The summed E-state index contributed by atoms with van der Waals surface area (Å²) in [7, 11) is -2.33. The molecule has 0 aliphatic rings. The highest BCUT2D eigenvalue weighted by atomic mass is 32.2. The number of hydrogen-bond donors (Lipinski definition) is 0. The van der Waals surface area contributed by atoms with Crippen molar-refractivity contribution in [3.8, 4) is 0 Å². The molecule has 0 bridgehead atoms. The molecule has 0 N–H and O–H groups in total. The highest BCUT2D eigenvalue weighted by Gasteiger charge is 2.29. The van der Waals surface area contributed by atoms with Crippen LogP contribution in [0, 0.1) is 0 Å². The van der Waals surface area contributed by atoms with Crippen molar-refractivity contribution in [2.24, 2.45) is 0 Å². The van der Waals surface area contributed by atoms with Crippen LogP contribution in [0.5, 0.6) is 0 Å². The second-order valence-corrected chi connectivity index (χ2v) is 11.7. The molecular weight excluding hydrogens is 476 g/mol. The Hall–Kier alpha value is -2.94. The number of benzene rings is 2. The van der Waals surface area contributed by atoms with E-state index in [1.807, 2.05) is 42.5 Å². The number of ether oxygens (including phenoxy) is 1. The molecule has 8 heteroatoms. The molecule has 0 spiro atoms. The van der Waals surface area contributed by atoms with Crippen molar-refractivity contribution in [3.05, 3.63) is 89.9 Å². The Morgan fingerprint density at radius 3 is 2.22 bits per heavy atom. The number of carbonyl (C=O) groups excluding carboxylic acids is 1. The van der Waals surface area contributed by atoms with E-state index >= 15 is 0 Å². The third kappa shape index (κ3) is 7.53. The molecule has 7 nitrogen and oxygen atoms in total. The minimum atomic E-state index is -3.90. The zero-order valence-corrected chi connectivity index (χ0v) is 22.3. The molecule has 1 heterocycles. The highest BCUT2D eigenvalue weighted by Crippen LogP contribution is 2.25. The van der Waals surface area contributed by atoms with Gasteiger partial charge in [-0.2, -0.15) is 4.31 Å². The molecule has 0 saturated heterocycles. The third-order valence-electron chi connectivity index (χ3n) is 5.92. The van der Waals surface area contributed by atoms with Gasteiger partial charge in [-0.05, 0) is 47.2 Å². The van der Waals surface area contributed by atoms with Crippen molar-refractivity contribution in [1.82, 2.24) is 9.21 Å². The molecule has 1 amide bonds. The molecule has 2 aromatic carbocycles. The van der Waals surface area contributed by atoms with Crippen LogP contribution in [0.4, 0.5) is 0 Å². The fourth-order valence-corrected chi connectivity index (χ4v) is 5.25. The summed E-state index contributed by atoms with van der Waals surface area (Å²) in [6, 6.07) is 20.1. The minimum Gasteiger partial charge on any atom is -0.467 e. The molecular formula is C28H36N2O5S. The SMILES string of the molecule is COCCCN(CC(=O)N(Cc1ccccc1)Cc1ccco1)S(=O)(=O)c1ccc(C(C)(C)C)cc1. The summed E-state index contributed by atoms with van der Waals surface area (Å²) in [5, 5.41) is 0. The fraction of sp³-hybridized carbons (Fsp3) is 0.393. The van der Waals surface area contributed by atoms with Crippen molar-refractivity contribution in [1.29, 1.82) is 0 Å². The largest absolute Gasteiger partial charge is 0.467 e. The van der Waals surface area contributed by atoms with Crippen LogP contribution in [-0.2, 0) is 38.1 Å². The average molecular weight is 513 g/mol. The zero-order valence-electron chi connectivity index (χ0n) is 21.5. The topological polar surface area (TPSA) is 80.1 Å². The predicted molar refractivity (Wildman–Crippen MR) is 140 cm³/mol. The number of hydrogen-bond acceptors (Lipinski definition) is 5. The Balaban J connectivity index is 1.86. The quantitative estimate of drug-likeness (QED) is 0.325. The summed E-state index contributed by atoms with van der Waals surface area (Å²) in [6.45, 7) is 7.10. The van der Waals surface area contributed by atoms with Gasteiger partial charge in [-0.1, -0.05) is 63.2 Å². The molecule has 1 aromatic heterocycles. The summed E-state index contributed by atoms with van der Waals surface area (Å²) >= 11 is 0. The van der Waals surface area contributed by atoms with Crippen molar-refractivity contribution < 1.29 is 22.4 Å². The number of amides is 1. The molecule has 36 heavy (non-hydrogen) atoms. The lowest BCUT2D eigenvalue weighted by Gasteiger charge is -2.27. The van der Waals surface area contributed by atoms with Crippen molar-refractivity contribution in [2.45, 2.75) is 50.6 Å². The number of rotatable bonds is 12. The van der Waals surface area contributed by atoms with E-state index in [0.717, 1.165) is 11.1 Å². The summed E-state index contributed by atoms with van der Waals surface area (Å²) in [5.74, 6) is 0.327. The molecule has 0 unspecified atom stereocenters. The second kappa shape index (κ2) is 12.3. The van der Waals surface area contributed by atoms with E-state index in [2.05, 4.69) is 20.8 Å². The first-order valence-electron chi connectivity index (χ1n) is 12.0. The lowest BCUT2D eigenvalue weighted by atomic mass is 9.87. The lowest BCUT2D eigenvalue weighted by molar-refractivity contribution is -0.133. The van der Waals surface area contributed by atoms with Crippen LogP contribution in [0.25, 0.3) is 0 Å². The maximum Gasteiger partial charge on any atom is 0.243 e. The molecule has 0 atom stereocenters. The van der Waals surface area contributed by atoms with Gasteiger partial charge in [0.1, 0.15) is 5.76 Å². The van der Waals surface area contributed by atoms with Gasteiger partial charge in [0.15, 0.2) is 0 Å². The molecule has 3 aromatic rings. The maximum atomic E-state index is 13.6. The summed E-state index contributed by atoms with van der Waals surface area (Å²) in [4.78, 5) is 15.3. The summed E-state index contributed by atoms with van der Waals surface area (Å²) in [5.41, 5.74) is 1.89. The predicted octanol–water partition coefficient (Wildman–Crippen LogP) is 4.83. The number of furan rings is 1. The van der Waals surface area contributed by atoms with Crippen molar-refractivity contribution in [3.63, 3.8) is 0 Å². The Morgan fingerprint density at radius 2 is 1.64 bits per heavy atom. The first kappa shape index (κ1) is 27.6. The van der Waals surface area contributed by atoms with Crippen LogP contribution in [0.2, 0.25) is 0 Å². The van der Waals surface area contributed by atoms with Crippen LogP contribution < -0.4 is 0 Å². The van der Waals surface area contributed by atoms with Gasteiger partial charge in [-0.3, -0.25) is 4.79 Å². The second-order valence-electron chi connectivity index (χ2n) is 9.77. The van der Waals surface area contributed by atoms with Crippen molar-refractivity contribution in [2.75, 3.05) is 26.8 Å².